The summed E-state index contributed by atoms with van der Waals surface area (Å²) >= 11 is 9.54. The van der Waals surface area contributed by atoms with Crippen LogP contribution in [0.2, 0.25) is 0 Å². The Morgan fingerprint density at radius 1 is 0.472 bits per heavy atom. The summed E-state index contributed by atoms with van der Waals surface area (Å²) in [6.07, 6.45) is 21.3. The Labute approximate surface area is 591 Å². The number of carbonyl (C=O) groups excluding carboxylic acids is 2. The van der Waals surface area contributed by atoms with Crippen LogP contribution in [0, 0.1) is 0 Å². The molecule has 0 unspecified atom stereocenters. The van der Waals surface area contributed by atoms with E-state index in [1.54, 1.807) is 24.1 Å². The molecule has 0 aliphatic rings. The van der Waals surface area contributed by atoms with E-state index in [0.717, 1.165) is 132 Å². The minimum absolute atomic E-state index is 0. The fourth-order valence-electron chi connectivity index (χ4n) is 9.07. The van der Waals surface area contributed by atoms with Crippen LogP contribution in [0.15, 0.2) is 219 Å². The first-order valence-electron chi connectivity index (χ1n) is 28.5. The zero-order valence-electron chi connectivity index (χ0n) is 49.0. The van der Waals surface area contributed by atoms with Gasteiger partial charge < -0.3 is 25.6 Å². The van der Waals surface area contributed by atoms with E-state index in [1.807, 2.05) is 165 Å². The molecule has 0 fully saturated rings. The molecule has 466 valence electrons. The monoisotopic (exact) mass is 1870 g/mol. The van der Waals surface area contributed by atoms with Gasteiger partial charge in [-0.3, -0.25) is 14.8 Å². The number of rotatable bonds is 21. The number of hydrogen-bond donors (Lipinski definition) is 4. The van der Waals surface area contributed by atoms with Crippen molar-refractivity contribution in [2.24, 2.45) is 0 Å². The maximum atomic E-state index is 11.4. The number of halogens is 6. The van der Waals surface area contributed by atoms with Crippen LogP contribution in [0.3, 0.4) is 0 Å². The van der Waals surface area contributed by atoms with Gasteiger partial charge in [0.1, 0.15) is 40.7 Å². The summed E-state index contributed by atoms with van der Waals surface area (Å²) in [5.74, 6) is 5.32. The Bertz CT molecular complexity index is 3780. The molecule has 0 aliphatic carbocycles. The molecule has 7 aromatic heterocycles. The molecule has 7 heterocycles. The number of fused-ring (bicyclic) bond motifs is 4. The fourth-order valence-corrected chi connectivity index (χ4v) is 9.07. The maximum absolute atomic E-state index is 11.4. The van der Waals surface area contributed by atoms with Crippen molar-refractivity contribution in [3.8, 4) is 0 Å². The minimum Gasteiger partial charge on any atom is -0.384 e. The van der Waals surface area contributed by atoms with Gasteiger partial charge in [-0.2, -0.15) is 0 Å². The van der Waals surface area contributed by atoms with Crippen LogP contribution in [0.25, 0.3) is 43.1 Å². The van der Waals surface area contributed by atoms with Gasteiger partial charge in [-0.15, -0.1) is 24.0 Å². The average Bonchev–Trinajstić information content (AvgIpc) is 2.65. The Balaban J connectivity index is 0.000000219. The van der Waals surface area contributed by atoms with Gasteiger partial charge in [0.2, 0.25) is 5.91 Å². The van der Waals surface area contributed by atoms with Crippen LogP contribution in [-0.2, 0) is 14.3 Å². The van der Waals surface area contributed by atoms with E-state index >= 15 is 0 Å². The van der Waals surface area contributed by atoms with Gasteiger partial charge in [0.05, 0.1) is 6.61 Å². The molecule has 11 rings (SSSR count). The van der Waals surface area contributed by atoms with Crippen molar-refractivity contribution < 1.29 is 32.8 Å². The molecule has 0 spiro atoms. The van der Waals surface area contributed by atoms with Crippen molar-refractivity contribution in [3.63, 3.8) is 0 Å². The maximum Gasteiger partial charge on any atom is 0.243 e. The molecule has 22 heteroatoms. The molecule has 0 bridgehead atoms. The number of unbranched alkanes of at least 4 members (excludes halogenated alkanes) is 6. The molecule has 89 heavy (non-hydrogen) atoms. The summed E-state index contributed by atoms with van der Waals surface area (Å²) in [5.41, 5.74) is 7.18. The number of hydrogen-bond acceptors (Lipinski definition) is 15. The number of nitrogen functional groups attached to an aromatic ring is 1. The summed E-state index contributed by atoms with van der Waals surface area (Å²) in [6.45, 7) is 3.93. The van der Waals surface area contributed by atoms with E-state index in [-0.39, 0.29) is 35.9 Å². The molecule has 1 amide bonds. The van der Waals surface area contributed by atoms with Gasteiger partial charge in [0, 0.05) is 128 Å². The van der Waals surface area contributed by atoms with E-state index in [2.05, 4.69) is 167 Å². The molecule has 16 nitrogen and oxygen atoms in total. The van der Waals surface area contributed by atoms with Gasteiger partial charge in [0.25, 0.3) is 0 Å². The molecule has 0 saturated heterocycles. The van der Waals surface area contributed by atoms with Crippen LogP contribution < -0.4 is 39.6 Å². The summed E-state index contributed by atoms with van der Waals surface area (Å²) in [4.78, 5) is 57.6. The van der Waals surface area contributed by atoms with Crippen molar-refractivity contribution >= 4 is 194 Å². The number of nitrogens with zero attached hydrogens (tertiary/aromatic N) is 9. The van der Waals surface area contributed by atoms with E-state index in [4.69, 9.17) is 15.7 Å². The van der Waals surface area contributed by atoms with Crippen molar-refractivity contribution in [2.75, 3.05) is 40.5 Å². The third-order valence-corrected chi connectivity index (χ3v) is 13.3. The van der Waals surface area contributed by atoms with Crippen molar-refractivity contribution in [1.29, 1.82) is 0 Å². The second-order valence-corrected chi connectivity index (χ2v) is 35.6. The SMILES string of the molecule is CCOC(=O)CCCCCCN(c1ccccn1)c1cc2ccccc2cn1.I.II.I[I-]I.Nc1cc2ccccc2cn1.O=C(CCCCCCN(c1ccccn1)c1cc2ccccc2cn1)NO.c1ccc(Nc2cc3ccccc3cn2)nc1. The number of anilines is 7. The first-order chi connectivity index (χ1) is 43.2. The Hall–Kier alpha value is -5.55. The summed E-state index contributed by atoms with van der Waals surface area (Å²) in [6, 6.07) is 58.2. The van der Waals surface area contributed by atoms with Crippen molar-refractivity contribution in [3.05, 3.63) is 219 Å². The number of benzene rings is 4. The quantitative estimate of drug-likeness (QED) is 0.0173. The predicted octanol–water partition coefficient (Wildman–Crippen LogP) is 15.9. The molecule has 0 atom stereocenters. The fraction of sp³-hybridized carbons (Fsp3) is 0.209. The van der Waals surface area contributed by atoms with Crippen LogP contribution in [0.1, 0.15) is 71.1 Å². The minimum atomic E-state index is -0.328. The number of nitrogens with two attached hydrogens (primary N) is 1. The second kappa shape index (κ2) is 44.0. The predicted molar refractivity (Wildman–Crippen MR) is 406 cm³/mol. The molecule has 4 aromatic carbocycles. The van der Waals surface area contributed by atoms with E-state index < -0.39 is 0 Å². The van der Waals surface area contributed by atoms with Crippen molar-refractivity contribution in [2.45, 2.75) is 71.1 Å². The Morgan fingerprint density at radius 3 is 1.30 bits per heavy atom. The second-order valence-electron chi connectivity index (χ2n) is 19.4. The van der Waals surface area contributed by atoms with Crippen LogP contribution in [-0.4, -0.2) is 71.7 Å². The zero-order chi connectivity index (χ0) is 62.4. The normalized spacial score (nSPS) is 10.2. The number of amides is 1. The summed E-state index contributed by atoms with van der Waals surface area (Å²) in [5, 5.41) is 20.8. The third kappa shape index (κ3) is 26.7. The number of carbonyl (C=O) groups is 2. The smallest absolute Gasteiger partial charge is 0.243 e. The third-order valence-electron chi connectivity index (χ3n) is 13.3. The molecular formula is C67H71I6N12O4-. The number of ether oxygens (including phenoxy) is 1. The first-order valence-corrected chi connectivity index (χ1v) is 47.4. The Morgan fingerprint density at radius 2 is 0.865 bits per heavy atom. The van der Waals surface area contributed by atoms with Gasteiger partial charge in [0.15, 0.2) is 0 Å². The van der Waals surface area contributed by atoms with Crippen LogP contribution in [0.4, 0.5) is 40.7 Å². The van der Waals surface area contributed by atoms with E-state index in [1.165, 1.54) is 10.8 Å². The average molecular weight is 1870 g/mol. The van der Waals surface area contributed by atoms with E-state index in [9.17, 15) is 9.59 Å². The zero-order valence-corrected chi connectivity index (χ0v) is 62.2. The van der Waals surface area contributed by atoms with Crippen LogP contribution in [0.5, 0.6) is 0 Å². The molecule has 5 N–H and O–H groups in total. The first kappa shape index (κ1) is 74.2. The topological polar surface area (TPSA) is 210 Å². The largest absolute Gasteiger partial charge is 0.384 e. The van der Waals surface area contributed by atoms with Crippen molar-refractivity contribution in [1.82, 2.24) is 40.4 Å². The molecular weight excluding hydrogens is 1800 g/mol. The molecule has 0 radical (unpaired) electrons. The van der Waals surface area contributed by atoms with Gasteiger partial charge in [-0.05, 0) is 115 Å². The number of pyridine rings is 7. The summed E-state index contributed by atoms with van der Waals surface area (Å²) in [7, 11) is 0. The number of aromatic nitrogens is 7. The van der Waals surface area contributed by atoms with Crippen LogP contribution >= 0.6 is 98.4 Å². The standard InChI is InChI=1S/C23H27N3O2.C21H24N4O2.C14H11N3.C9H8N2.I3.I2.HI/c1-2-28-23(27)14-5-3-4-10-16-26(21-13-8-9-15-24-21)22-17-19-11-6-7-12-20(19)18-25-22;26-21(24-27)12-3-1-2-8-14-25(19-11-6-7-13-22-19)20-15-17-9-4-5-10-18(17)16-23-20;1-2-6-12-10-16-14(9-11(12)5-1)17-13-7-3-4-8-15-13;10-9-5-7-3-1-2-4-8(7)6-11-9;1-3-2;1-2;/h6-9,11-13,15,17-18H,2-5,10,14,16H2,1H3;4-7,9-11,13,15-16,27H,1-3,8,12,14H2,(H,24,26);1-10H,(H,15,16,17);1-6H,(H2,10,11);;;1H/q;;;;-1;;. The van der Waals surface area contributed by atoms with E-state index in [0.29, 0.717) is 38.5 Å². The molecule has 0 saturated carbocycles. The number of nitrogens with one attached hydrogen (secondary N) is 2. The van der Waals surface area contributed by atoms with Gasteiger partial charge >= 0.3 is 56.5 Å². The number of hydroxylamine groups is 1. The van der Waals surface area contributed by atoms with Gasteiger partial charge in [-0.25, -0.2) is 40.4 Å². The molecule has 0 aliphatic heterocycles. The Kier molecular flexibility index (Phi) is 36.7. The summed E-state index contributed by atoms with van der Waals surface area (Å²) < 4.78 is 4.97. The number of esters is 1. The van der Waals surface area contributed by atoms with Gasteiger partial charge in [-0.1, -0.05) is 141 Å². The molecule has 11 aromatic rings.